The summed E-state index contributed by atoms with van der Waals surface area (Å²) >= 11 is 0. The van der Waals surface area contributed by atoms with Crippen molar-refractivity contribution >= 4 is 0 Å². The number of aryl methyl sites for hydroxylation is 1. The van der Waals surface area contributed by atoms with Gasteiger partial charge >= 0.3 is 0 Å². The number of rotatable bonds is 4. The molecule has 0 aromatic carbocycles. The van der Waals surface area contributed by atoms with E-state index in [2.05, 4.69) is 16.5 Å². The predicted molar refractivity (Wildman–Crippen MR) is 57.0 cm³/mol. The molecule has 1 atom stereocenters. The van der Waals surface area contributed by atoms with Crippen LogP contribution in [0.1, 0.15) is 37.4 Å². The van der Waals surface area contributed by atoms with Crippen LogP contribution in [0.2, 0.25) is 0 Å². The van der Waals surface area contributed by atoms with Gasteiger partial charge in [-0.2, -0.15) is 5.10 Å². The summed E-state index contributed by atoms with van der Waals surface area (Å²) in [5, 5.41) is 7.80. The van der Waals surface area contributed by atoms with Crippen molar-refractivity contribution in [2.75, 3.05) is 7.05 Å². The fourth-order valence-corrected chi connectivity index (χ4v) is 2.07. The van der Waals surface area contributed by atoms with Gasteiger partial charge in [-0.25, -0.2) is 0 Å². The normalized spacial score (nSPS) is 19.3. The van der Waals surface area contributed by atoms with Crippen LogP contribution >= 0.6 is 0 Å². The van der Waals surface area contributed by atoms with Crippen LogP contribution in [-0.2, 0) is 7.05 Å². The molecule has 0 radical (unpaired) electrons. The second-order valence-electron chi connectivity index (χ2n) is 4.29. The van der Waals surface area contributed by atoms with Gasteiger partial charge in [0.05, 0.1) is 11.7 Å². The summed E-state index contributed by atoms with van der Waals surface area (Å²) < 4.78 is 1.88. The largest absolute Gasteiger partial charge is 0.312 e. The van der Waals surface area contributed by atoms with Crippen LogP contribution in [0.5, 0.6) is 0 Å². The van der Waals surface area contributed by atoms with Gasteiger partial charge < -0.3 is 5.32 Å². The fourth-order valence-electron chi connectivity index (χ4n) is 2.07. The molecule has 0 spiro atoms. The lowest BCUT2D eigenvalue weighted by atomic mass is 9.80. The molecule has 1 saturated carbocycles. The first-order valence-corrected chi connectivity index (χ1v) is 5.46. The lowest BCUT2D eigenvalue weighted by molar-refractivity contribution is 0.263. The minimum Gasteiger partial charge on any atom is -0.312 e. The van der Waals surface area contributed by atoms with Gasteiger partial charge in [-0.15, -0.1) is 0 Å². The smallest absolute Gasteiger partial charge is 0.0793 e. The van der Waals surface area contributed by atoms with E-state index in [9.17, 15) is 0 Å². The van der Waals surface area contributed by atoms with Gasteiger partial charge in [0.15, 0.2) is 0 Å². The van der Waals surface area contributed by atoms with Crippen molar-refractivity contribution in [2.45, 2.75) is 31.7 Å². The first-order chi connectivity index (χ1) is 6.79. The summed E-state index contributed by atoms with van der Waals surface area (Å²) in [7, 11) is 4.00. The standard InChI is InChI=1S/C11H19N3/c1-12-11(8-9-4-3-5-9)10-6-7-14(2)13-10/h6-7,9,11-12H,3-5,8H2,1-2H3. The third-order valence-electron chi connectivity index (χ3n) is 3.23. The van der Waals surface area contributed by atoms with Crippen LogP contribution < -0.4 is 5.32 Å². The lowest BCUT2D eigenvalue weighted by Gasteiger charge is -2.28. The van der Waals surface area contributed by atoms with Gasteiger partial charge in [-0.05, 0) is 25.5 Å². The Morgan fingerprint density at radius 2 is 2.43 bits per heavy atom. The van der Waals surface area contributed by atoms with Crippen LogP contribution in [0, 0.1) is 5.92 Å². The minimum atomic E-state index is 0.446. The van der Waals surface area contributed by atoms with Crippen molar-refractivity contribution in [1.29, 1.82) is 0 Å². The molecule has 0 bridgehead atoms. The molecule has 14 heavy (non-hydrogen) atoms. The Balaban J connectivity index is 1.97. The number of hydrogen-bond donors (Lipinski definition) is 1. The van der Waals surface area contributed by atoms with Crippen molar-refractivity contribution in [3.63, 3.8) is 0 Å². The topological polar surface area (TPSA) is 29.9 Å². The minimum absolute atomic E-state index is 0.446. The monoisotopic (exact) mass is 193 g/mol. The van der Waals surface area contributed by atoms with Gasteiger partial charge in [0.1, 0.15) is 0 Å². The highest BCUT2D eigenvalue weighted by atomic mass is 15.3. The van der Waals surface area contributed by atoms with Gasteiger partial charge in [-0.3, -0.25) is 4.68 Å². The molecule has 3 heteroatoms. The predicted octanol–water partition coefficient (Wildman–Crippen LogP) is 1.87. The van der Waals surface area contributed by atoms with Crippen molar-refractivity contribution in [2.24, 2.45) is 13.0 Å². The number of nitrogens with zero attached hydrogens (tertiary/aromatic N) is 2. The van der Waals surface area contributed by atoms with Crippen molar-refractivity contribution in [1.82, 2.24) is 15.1 Å². The zero-order chi connectivity index (χ0) is 9.97. The van der Waals surface area contributed by atoms with E-state index in [1.807, 2.05) is 25.0 Å². The Labute approximate surface area is 85.5 Å². The molecule has 1 unspecified atom stereocenters. The quantitative estimate of drug-likeness (QED) is 0.791. The third kappa shape index (κ3) is 1.98. The number of aromatic nitrogens is 2. The summed E-state index contributed by atoms with van der Waals surface area (Å²) in [6, 6.07) is 2.56. The van der Waals surface area contributed by atoms with Crippen LogP contribution in [0.25, 0.3) is 0 Å². The molecular formula is C11H19N3. The molecule has 1 N–H and O–H groups in total. The summed E-state index contributed by atoms with van der Waals surface area (Å²) in [5.74, 6) is 0.925. The van der Waals surface area contributed by atoms with Crippen molar-refractivity contribution < 1.29 is 0 Å². The lowest BCUT2D eigenvalue weighted by Crippen LogP contribution is -2.23. The summed E-state index contributed by atoms with van der Waals surface area (Å²) in [4.78, 5) is 0. The molecule has 1 aliphatic carbocycles. The van der Waals surface area contributed by atoms with Crippen molar-refractivity contribution in [3.05, 3.63) is 18.0 Å². The highest BCUT2D eigenvalue weighted by Gasteiger charge is 2.23. The molecular weight excluding hydrogens is 174 g/mol. The van der Waals surface area contributed by atoms with Gasteiger partial charge in [0.2, 0.25) is 0 Å². The molecule has 0 saturated heterocycles. The maximum absolute atomic E-state index is 4.45. The average molecular weight is 193 g/mol. The van der Waals surface area contributed by atoms with Crippen LogP contribution in [-0.4, -0.2) is 16.8 Å². The Morgan fingerprint density at radius 1 is 1.64 bits per heavy atom. The van der Waals surface area contributed by atoms with Gasteiger partial charge in [0, 0.05) is 13.2 Å². The maximum Gasteiger partial charge on any atom is 0.0793 e. The van der Waals surface area contributed by atoms with E-state index < -0.39 is 0 Å². The van der Waals surface area contributed by atoms with Crippen LogP contribution in [0.15, 0.2) is 12.3 Å². The van der Waals surface area contributed by atoms with E-state index in [0.717, 1.165) is 5.92 Å². The Kier molecular flexibility index (Phi) is 2.87. The fraction of sp³-hybridized carbons (Fsp3) is 0.727. The van der Waals surface area contributed by atoms with E-state index in [4.69, 9.17) is 0 Å². The highest BCUT2D eigenvalue weighted by molar-refractivity contribution is 5.05. The molecule has 78 valence electrons. The van der Waals surface area contributed by atoms with E-state index in [-0.39, 0.29) is 0 Å². The van der Waals surface area contributed by atoms with Crippen molar-refractivity contribution in [3.8, 4) is 0 Å². The number of hydrogen-bond acceptors (Lipinski definition) is 2. The molecule has 1 fully saturated rings. The van der Waals surface area contributed by atoms with Crippen LogP contribution in [0.3, 0.4) is 0 Å². The molecule has 1 aromatic rings. The van der Waals surface area contributed by atoms with E-state index in [1.54, 1.807) is 0 Å². The summed E-state index contributed by atoms with van der Waals surface area (Å²) in [5.41, 5.74) is 1.18. The Morgan fingerprint density at radius 3 is 2.86 bits per heavy atom. The molecule has 2 rings (SSSR count). The zero-order valence-electron chi connectivity index (χ0n) is 9.03. The Hall–Kier alpha value is -0.830. The maximum atomic E-state index is 4.45. The second-order valence-corrected chi connectivity index (χ2v) is 4.29. The third-order valence-corrected chi connectivity index (χ3v) is 3.23. The number of nitrogens with one attached hydrogen (secondary N) is 1. The van der Waals surface area contributed by atoms with Crippen LogP contribution in [0.4, 0.5) is 0 Å². The summed E-state index contributed by atoms with van der Waals surface area (Å²) in [6.45, 7) is 0. The molecule has 1 heterocycles. The molecule has 0 amide bonds. The van der Waals surface area contributed by atoms with E-state index >= 15 is 0 Å². The highest BCUT2D eigenvalue weighted by Crippen LogP contribution is 2.34. The zero-order valence-corrected chi connectivity index (χ0v) is 9.03. The average Bonchev–Trinajstić information content (AvgIpc) is 2.50. The molecule has 1 aliphatic rings. The Bertz CT molecular complexity index is 288. The van der Waals surface area contributed by atoms with E-state index in [1.165, 1.54) is 31.4 Å². The summed E-state index contributed by atoms with van der Waals surface area (Å²) in [6.07, 6.45) is 7.49. The SMILES string of the molecule is CNC(CC1CCC1)c1ccn(C)n1. The van der Waals surface area contributed by atoms with Gasteiger partial charge in [-0.1, -0.05) is 19.3 Å². The molecule has 1 aromatic heterocycles. The second kappa shape index (κ2) is 4.13. The molecule has 0 aliphatic heterocycles. The first kappa shape index (κ1) is 9.71. The van der Waals surface area contributed by atoms with E-state index in [0.29, 0.717) is 6.04 Å². The first-order valence-electron chi connectivity index (χ1n) is 5.46. The van der Waals surface area contributed by atoms with Gasteiger partial charge in [0.25, 0.3) is 0 Å². The molecule has 3 nitrogen and oxygen atoms in total.